The summed E-state index contributed by atoms with van der Waals surface area (Å²) in [6.07, 6.45) is 1.53. The van der Waals surface area contributed by atoms with Crippen LogP contribution in [0.25, 0.3) is 0 Å². The summed E-state index contributed by atoms with van der Waals surface area (Å²) in [5.74, 6) is 1.19. The molecule has 1 aromatic heterocycles. The van der Waals surface area contributed by atoms with Gasteiger partial charge in [0.25, 0.3) is 5.91 Å². The van der Waals surface area contributed by atoms with E-state index in [1.807, 2.05) is 31.2 Å². The van der Waals surface area contributed by atoms with Crippen molar-refractivity contribution in [3.63, 3.8) is 0 Å². The number of amides is 1. The molecular weight excluding hydrogens is 350 g/mol. The maximum atomic E-state index is 12.3. The van der Waals surface area contributed by atoms with Gasteiger partial charge < -0.3 is 15.4 Å². The van der Waals surface area contributed by atoms with E-state index in [1.54, 1.807) is 36.4 Å². The van der Waals surface area contributed by atoms with E-state index in [4.69, 9.17) is 16.3 Å². The first kappa shape index (κ1) is 17.8. The fourth-order valence-corrected chi connectivity index (χ4v) is 2.41. The van der Waals surface area contributed by atoms with E-state index in [9.17, 15) is 4.79 Å². The summed E-state index contributed by atoms with van der Waals surface area (Å²) in [6, 6.07) is 18.0. The van der Waals surface area contributed by atoms with Gasteiger partial charge in [0.1, 0.15) is 11.6 Å². The Morgan fingerprint density at radius 3 is 2.31 bits per heavy atom. The molecule has 0 atom stereocenters. The third kappa shape index (κ3) is 4.74. The highest BCUT2D eigenvalue weighted by molar-refractivity contribution is 6.30. The second kappa shape index (κ2) is 8.36. The van der Waals surface area contributed by atoms with E-state index in [2.05, 4.69) is 15.6 Å². The van der Waals surface area contributed by atoms with Crippen molar-refractivity contribution >= 4 is 34.7 Å². The number of ether oxygens (including phenoxy) is 1. The number of anilines is 3. The fourth-order valence-electron chi connectivity index (χ4n) is 2.29. The van der Waals surface area contributed by atoms with Crippen molar-refractivity contribution in [3.8, 4) is 5.75 Å². The number of benzene rings is 2. The van der Waals surface area contributed by atoms with Gasteiger partial charge in [-0.15, -0.1) is 0 Å². The van der Waals surface area contributed by atoms with Crippen LogP contribution in [0.15, 0.2) is 66.9 Å². The standard InChI is InChI=1S/C20H18ClN3O2/c1-2-26-18-10-8-17(9-11-18)24-20(25)14-3-12-19(22-13-14)23-16-6-4-15(21)5-7-16/h3-13H,2H2,1H3,(H,22,23)(H,24,25). The number of hydrogen-bond acceptors (Lipinski definition) is 4. The van der Waals surface area contributed by atoms with Crippen LogP contribution in [0.2, 0.25) is 5.02 Å². The first-order valence-corrected chi connectivity index (χ1v) is 8.54. The first-order chi connectivity index (χ1) is 12.6. The summed E-state index contributed by atoms with van der Waals surface area (Å²) in [7, 11) is 0. The molecule has 3 rings (SSSR count). The molecule has 26 heavy (non-hydrogen) atoms. The van der Waals surface area contributed by atoms with Gasteiger partial charge in [-0.25, -0.2) is 4.98 Å². The zero-order chi connectivity index (χ0) is 18.4. The van der Waals surface area contributed by atoms with E-state index in [1.165, 1.54) is 6.20 Å². The third-order valence-corrected chi connectivity index (χ3v) is 3.82. The maximum Gasteiger partial charge on any atom is 0.257 e. The average molecular weight is 368 g/mol. The molecule has 0 aliphatic heterocycles. The number of aromatic nitrogens is 1. The minimum atomic E-state index is -0.222. The molecular formula is C20H18ClN3O2. The zero-order valence-electron chi connectivity index (χ0n) is 14.2. The molecule has 132 valence electrons. The number of carbonyl (C=O) groups is 1. The summed E-state index contributed by atoms with van der Waals surface area (Å²) >= 11 is 5.87. The highest BCUT2D eigenvalue weighted by atomic mass is 35.5. The van der Waals surface area contributed by atoms with Crippen LogP contribution in [-0.2, 0) is 0 Å². The molecule has 6 heteroatoms. The number of rotatable bonds is 6. The van der Waals surface area contributed by atoms with Crippen molar-refractivity contribution in [1.29, 1.82) is 0 Å². The summed E-state index contributed by atoms with van der Waals surface area (Å²) in [5, 5.41) is 6.65. The van der Waals surface area contributed by atoms with Gasteiger partial charge in [-0.2, -0.15) is 0 Å². The van der Waals surface area contributed by atoms with Crippen molar-refractivity contribution in [1.82, 2.24) is 4.98 Å². The number of carbonyl (C=O) groups excluding carboxylic acids is 1. The van der Waals surface area contributed by atoms with Gasteiger partial charge in [0.15, 0.2) is 0 Å². The first-order valence-electron chi connectivity index (χ1n) is 8.17. The van der Waals surface area contributed by atoms with Crippen LogP contribution in [0.4, 0.5) is 17.2 Å². The largest absolute Gasteiger partial charge is 0.494 e. The van der Waals surface area contributed by atoms with Crippen molar-refractivity contribution < 1.29 is 9.53 Å². The summed E-state index contributed by atoms with van der Waals surface area (Å²) < 4.78 is 5.38. The molecule has 0 saturated heterocycles. The lowest BCUT2D eigenvalue weighted by molar-refractivity contribution is 0.102. The smallest absolute Gasteiger partial charge is 0.257 e. The Hall–Kier alpha value is -3.05. The predicted octanol–water partition coefficient (Wildman–Crippen LogP) is 5.13. The molecule has 0 bridgehead atoms. The lowest BCUT2D eigenvalue weighted by atomic mass is 10.2. The predicted molar refractivity (Wildman–Crippen MR) is 105 cm³/mol. The molecule has 0 unspecified atom stereocenters. The van der Waals surface area contributed by atoms with Gasteiger partial charge >= 0.3 is 0 Å². The Morgan fingerprint density at radius 1 is 1.00 bits per heavy atom. The molecule has 2 aromatic carbocycles. The van der Waals surface area contributed by atoms with Gasteiger partial charge in [0, 0.05) is 22.6 Å². The number of nitrogens with one attached hydrogen (secondary N) is 2. The van der Waals surface area contributed by atoms with Crippen molar-refractivity contribution in [2.75, 3.05) is 17.2 Å². The minimum absolute atomic E-state index is 0.222. The average Bonchev–Trinajstić information content (AvgIpc) is 2.66. The lowest BCUT2D eigenvalue weighted by Crippen LogP contribution is -2.12. The van der Waals surface area contributed by atoms with Gasteiger partial charge in [-0.3, -0.25) is 4.79 Å². The van der Waals surface area contributed by atoms with Crippen LogP contribution < -0.4 is 15.4 Å². The monoisotopic (exact) mass is 367 g/mol. The molecule has 5 nitrogen and oxygen atoms in total. The van der Waals surface area contributed by atoms with Crippen LogP contribution in [0, 0.1) is 0 Å². The molecule has 0 radical (unpaired) electrons. The molecule has 0 saturated carbocycles. The number of halogens is 1. The van der Waals surface area contributed by atoms with Gasteiger partial charge in [0.05, 0.1) is 12.2 Å². The van der Waals surface area contributed by atoms with Crippen LogP contribution in [0.5, 0.6) is 5.75 Å². The van der Waals surface area contributed by atoms with E-state index < -0.39 is 0 Å². The molecule has 0 aliphatic carbocycles. The molecule has 0 spiro atoms. The fraction of sp³-hybridized carbons (Fsp3) is 0.100. The SMILES string of the molecule is CCOc1ccc(NC(=O)c2ccc(Nc3ccc(Cl)cc3)nc2)cc1. The van der Waals surface area contributed by atoms with E-state index >= 15 is 0 Å². The van der Waals surface area contributed by atoms with Crippen LogP contribution >= 0.6 is 11.6 Å². The highest BCUT2D eigenvalue weighted by Gasteiger charge is 2.07. The van der Waals surface area contributed by atoms with E-state index in [0.717, 1.165) is 11.4 Å². The van der Waals surface area contributed by atoms with Gasteiger partial charge in [-0.05, 0) is 67.6 Å². The summed E-state index contributed by atoms with van der Waals surface area (Å²) in [6.45, 7) is 2.53. The second-order valence-electron chi connectivity index (χ2n) is 5.48. The van der Waals surface area contributed by atoms with E-state index in [-0.39, 0.29) is 5.91 Å². The Balaban J connectivity index is 1.62. The van der Waals surface area contributed by atoms with Crippen LogP contribution in [0.1, 0.15) is 17.3 Å². The quantitative estimate of drug-likeness (QED) is 0.634. The molecule has 3 aromatic rings. The van der Waals surface area contributed by atoms with Gasteiger partial charge in [0.2, 0.25) is 0 Å². The lowest BCUT2D eigenvalue weighted by Gasteiger charge is -2.08. The normalized spacial score (nSPS) is 10.2. The second-order valence-corrected chi connectivity index (χ2v) is 5.91. The topological polar surface area (TPSA) is 63.2 Å². The number of nitrogens with zero attached hydrogens (tertiary/aromatic N) is 1. The molecule has 1 amide bonds. The Bertz CT molecular complexity index is 863. The molecule has 2 N–H and O–H groups in total. The summed E-state index contributed by atoms with van der Waals surface area (Å²) in [4.78, 5) is 16.6. The third-order valence-electron chi connectivity index (χ3n) is 3.57. The Kier molecular flexibility index (Phi) is 5.71. The molecule has 0 fully saturated rings. The van der Waals surface area contributed by atoms with Crippen molar-refractivity contribution in [2.24, 2.45) is 0 Å². The van der Waals surface area contributed by atoms with Crippen LogP contribution in [0.3, 0.4) is 0 Å². The number of hydrogen-bond donors (Lipinski definition) is 2. The van der Waals surface area contributed by atoms with Crippen molar-refractivity contribution in [2.45, 2.75) is 6.92 Å². The summed E-state index contributed by atoms with van der Waals surface area (Å²) in [5.41, 5.74) is 2.04. The van der Waals surface area contributed by atoms with Crippen LogP contribution in [-0.4, -0.2) is 17.5 Å². The Morgan fingerprint density at radius 2 is 1.69 bits per heavy atom. The minimum Gasteiger partial charge on any atom is -0.494 e. The van der Waals surface area contributed by atoms with Crippen molar-refractivity contribution in [3.05, 3.63) is 77.4 Å². The molecule has 1 heterocycles. The van der Waals surface area contributed by atoms with Gasteiger partial charge in [-0.1, -0.05) is 11.6 Å². The molecule has 0 aliphatic rings. The Labute approximate surface area is 157 Å². The van der Waals surface area contributed by atoms with E-state index in [0.29, 0.717) is 28.7 Å². The zero-order valence-corrected chi connectivity index (χ0v) is 15.0. The maximum absolute atomic E-state index is 12.3. The highest BCUT2D eigenvalue weighted by Crippen LogP contribution is 2.19. The number of pyridine rings is 1.